The zero-order chi connectivity index (χ0) is 17.8. The van der Waals surface area contributed by atoms with Crippen LogP contribution in [0.2, 0.25) is 0 Å². The average molecular weight is 425 g/mol. The van der Waals surface area contributed by atoms with Gasteiger partial charge in [0.15, 0.2) is 0 Å². The Morgan fingerprint density at radius 1 is 0.889 bits per heavy atom. The first kappa shape index (κ1) is 24.4. The summed E-state index contributed by atoms with van der Waals surface area (Å²) in [6.07, 6.45) is 3.97. The van der Waals surface area contributed by atoms with Crippen molar-refractivity contribution in [3.05, 3.63) is 0 Å². The molecule has 2 unspecified atom stereocenters. The van der Waals surface area contributed by atoms with Gasteiger partial charge in [-0.05, 0) is 38.5 Å². The molecule has 0 aromatic rings. The number of halogens is 2. The summed E-state index contributed by atoms with van der Waals surface area (Å²) in [5.74, 6) is 0.524. The SMILES string of the molecule is CC(C(=O)N1CCCC1)N1CCN(C(=O)C(N)C2CCOCC2)CC1.Cl.Cl. The molecule has 3 fully saturated rings. The van der Waals surface area contributed by atoms with Crippen LogP contribution >= 0.6 is 24.8 Å². The van der Waals surface area contributed by atoms with Crippen molar-refractivity contribution in [2.24, 2.45) is 11.7 Å². The Morgan fingerprint density at radius 3 is 1.96 bits per heavy atom. The summed E-state index contributed by atoms with van der Waals surface area (Å²) in [6, 6.07) is -0.515. The maximum atomic E-state index is 12.7. The summed E-state index contributed by atoms with van der Waals surface area (Å²) in [5, 5.41) is 0. The molecule has 0 aliphatic carbocycles. The van der Waals surface area contributed by atoms with Crippen LogP contribution in [0.5, 0.6) is 0 Å². The molecular weight excluding hydrogens is 391 g/mol. The molecule has 2 amide bonds. The fourth-order valence-corrected chi connectivity index (χ4v) is 4.17. The third-order valence-corrected chi connectivity index (χ3v) is 6.01. The van der Waals surface area contributed by atoms with Gasteiger partial charge in [0.25, 0.3) is 0 Å². The molecule has 0 aromatic heterocycles. The Hall–Kier alpha value is -0.600. The van der Waals surface area contributed by atoms with Crippen LogP contribution in [-0.4, -0.2) is 91.1 Å². The Balaban J connectivity index is 0.00000182. The monoisotopic (exact) mass is 424 g/mol. The van der Waals surface area contributed by atoms with E-state index >= 15 is 0 Å². The standard InChI is InChI=1S/C18H32N4O3.2ClH/c1-14(17(23)21-6-2-3-7-21)20-8-10-22(11-9-20)18(24)16(19)15-4-12-25-13-5-15;;/h14-16H,2-13,19H2,1H3;2*1H. The second kappa shape index (κ2) is 11.4. The molecule has 0 spiro atoms. The summed E-state index contributed by atoms with van der Waals surface area (Å²) < 4.78 is 5.36. The van der Waals surface area contributed by atoms with Gasteiger partial charge < -0.3 is 20.3 Å². The third kappa shape index (κ3) is 5.94. The topological polar surface area (TPSA) is 79.1 Å². The molecule has 3 aliphatic heterocycles. The van der Waals surface area contributed by atoms with Crippen molar-refractivity contribution in [3.8, 4) is 0 Å². The predicted molar refractivity (Wildman–Crippen MR) is 109 cm³/mol. The van der Waals surface area contributed by atoms with Gasteiger partial charge in [-0.1, -0.05) is 0 Å². The Bertz CT molecular complexity index is 477. The van der Waals surface area contributed by atoms with Crippen LogP contribution < -0.4 is 5.73 Å². The van der Waals surface area contributed by atoms with Crippen LogP contribution in [0.25, 0.3) is 0 Å². The molecule has 3 aliphatic rings. The lowest BCUT2D eigenvalue weighted by molar-refractivity contribution is -0.139. The third-order valence-electron chi connectivity index (χ3n) is 6.01. The van der Waals surface area contributed by atoms with E-state index in [0.29, 0.717) is 26.3 Å². The van der Waals surface area contributed by atoms with Crippen LogP contribution in [0.1, 0.15) is 32.6 Å². The van der Waals surface area contributed by atoms with E-state index in [0.717, 1.165) is 51.9 Å². The number of carbonyl (C=O) groups is 2. The van der Waals surface area contributed by atoms with Crippen LogP contribution in [-0.2, 0) is 14.3 Å². The van der Waals surface area contributed by atoms with Crippen LogP contribution in [0, 0.1) is 5.92 Å². The quantitative estimate of drug-likeness (QED) is 0.719. The normalized spacial score (nSPS) is 23.9. The van der Waals surface area contributed by atoms with Gasteiger partial charge in [0.2, 0.25) is 11.8 Å². The van der Waals surface area contributed by atoms with Gasteiger partial charge in [0.1, 0.15) is 0 Å². The smallest absolute Gasteiger partial charge is 0.239 e. The zero-order valence-corrected chi connectivity index (χ0v) is 17.8. The van der Waals surface area contributed by atoms with E-state index in [-0.39, 0.29) is 48.6 Å². The summed E-state index contributed by atoms with van der Waals surface area (Å²) >= 11 is 0. The van der Waals surface area contributed by atoms with E-state index in [1.807, 2.05) is 16.7 Å². The molecule has 7 nitrogen and oxygen atoms in total. The minimum atomic E-state index is -0.417. The fraction of sp³-hybridized carbons (Fsp3) is 0.889. The lowest BCUT2D eigenvalue weighted by atomic mass is 9.91. The van der Waals surface area contributed by atoms with Crippen molar-refractivity contribution in [2.45, 2.75) is 44.7 Å². The molecular formula is C18H34Cl2N4O3. The lowest BCUT2D eigenvalue weighted by Gasteiger charge is -2.40. The number of carbonyl (C=O) groups excluding carboxylic acids is 2. The van der Waals surface area contributed by atoms with E-state index in [1.165, 1.54) is 0 Å². The number of rotatable bonds is 4. The highest BCUT2D eigenvalue weighted by Gasteiger charge is 2.34. The largest absolute Gasteiger partial charge is 0.381 e. The molecule has 0 aromatic carbocycles. The minimum Gasteiger partial charge on any atom is -0.381 e. The Labute approximate surface area is 174 Å². The molecule has 3 rings (SSSR count). The summed E-state index contributed by atoms with van der Waals surface area (Å²) in [5.41, 5.74) is 6.23. The van der Waals surface area contributed by atoms with Gasteiger partial charge in [-0.15, -0.1) is 24.8 Å². The van der Waals surface area contributed by atoms with Crippen molar-refractivity contribution in [1.29, 1.82) is 0 Å². The maximum Gasteiger partial charge on any atom is 0.239 e. The van der Waals surface area contributed by atoms with E-state index in [9.17, 15) is 9.59 Å². The second-order valence-corrected chi connectivity index (χ2v) is 7.55. The van der Waals surface area contributed by atoms with E-state index in [4.69, 9.17) is 10.5 Å². The van der Waals surface area contributed by atoms with Crippen LogP contribution in [0.4, 0.5) is 0 Å². The summed E-state index contributed by atoms with van der Waals surface area (Å²) in [4.78, 5) is 31.3. The first-order valence-electron chi connectivity index (χ1n) is 9.73. The molecule has 2 atom stereocenters. The number of hydrogen-bond acceptors (Lipinski definition) is 5. The van der Waals surface area contributed by atoms with Crippen molar-refractivity contribution in [1.82, 2.24) is 14.7 Å². The van der Waals surface area contributed by atoms with Gasteiger partial charge in [-0.2, -0.15) is 0 Å². The van der Waals surface area contributed by atoms with Crippen molar-refractivity contribution in [2.75, 3.05) is 52.5 Å². The average Bonchev–Trinajstić information content (AvgIpc) is 3.21. The van der Waals surface area contributed by atoms with Crippen LogP contribution in [0.15, 0.2) is 0 Å². The number of nitrogens with two attached hydrogens (primary N) is 1. The number of ether oxygens (including phenoxy) is 1. The van der Waals surface area contributed by atoms with Crippen molar-refractivity contribution >= 4 is 36.6 Å². The molecule has 2 N–H and O–H groups in total. The molecule has 27 heavy (non-hydrogen) atoms. The molecule has 0 bridgehead atoms. The second-order valence-electron chi connectivity index (χ2n) is 7.55. The summed E-state index contributed by atoms with van der Waals surface area (Å²) in [6.45, 7) is 7.99. The highest BCUT2D eigenvalue weighted by Crippen LogP contribution is 2.20. The number of piperazine rings is 1. The first-order valence-corrected chi connectivity index (χ1v) is 9.73. The fourth-order valence-electron chi connectivity index (χ4n) is 4.17. The summed E-state index contributed by atoms with van der Waals surface area (Å²) in [7, 11) is 0. The van der Waals surface area contributed by atoms with Crippen molar-refractivity contribution in [3.63, 3.8) is 0 Å². The van der Waals surface area contributed by atoms with Gasteiger partial charge in [0, 0.05) is 52.5 Å². The maximum absolute atomic E-state index is 12.7. The number of nitrogens with zero attached hydrogens (tertiary/aromatic N) is 3. The number of hydrogen-bond donors (Lipinski definition) is 1. The van der Waals surface area contributed by atoms with Gasteiger partial charge in [0.05, 0.1) is 12.1 Å². The van der Waals surface area contributed by atoms with Crippen LogP contribution in [0.3, 0.4) is 0 Å². The van der Waals surface area contributed by atoms with E-state index in [2.05, 4.69) is 4.90 Å². The van der Waals surface area contributed by atoms with E-state index < -0.39 is 6.04 Å². The zero-order valence-electron chi connectivity index (χ0n) is 16.2. The molecule has 0 radical (unpaired) electrons. The Morgan fingerprint density at radius 2 is 1.41 bits per heavy atom. The molecule has 158 valence electrons. The highest BCUT2D eigenvalue weighted by atomic mass is 35.5. The van der Waals surface area contributed by atoms with Gasteiger partial charge >= 0.3 is 0 Å². The first-order chi connectivity index (χ1) is 12.1. The van der Waals surface area contributed by atoms with Crippen molar-refractivity contribution < 1.29 is 14.3 Å². The van der Waals surface area contributed by atoms with Gasteiger partial charge in [-0.3, -0.25) is 14.5 Å². The number of likely N-dealkylation sites (tertiary alicyclic amines) is 1. The molecule has 3 saturated heterocycles. The minimum absolute atomic E-state index is 0. The van der Waals surface area contributed by atoms with Gasteiger partial charge in [-0.25, -0.2) is 0 Å². The predicted octanol–water partition coefficient (Wildman–Crippen LogP) is 0.739. The highest BCUT2D eigenvalue weighted by molar-refractivity contribution is 5.85. The molecule has 0 saturated carbocycles. The Kier molecular flexibility index (Phi) is 10.3. The van der Waals surface area contributed by atoms with E-state index in [1.54, 1.807) is 0 Å². The molecule has 3 heterocycles. The number of amides is 2. The molecule has 9 heteroatoms. The lowest BCUT2D eigenvalue weighted by Crippen LogP contribution is -2.58.